The van der Waals surface area contributed by atoms with Gasteiger partial charge in [0.1, 0.15) is 0 Å². The van der Waals surface area contributed by atoms with Crippen molar-refractivity contribution in [3.63, 3.8) is 0 Å². The van der Waals surface area contributed by atoms with Crippen molar-refractivity contribution in [2.45, 2.75) is 31.1 Å². The first kappa shape index (κ1) is 21.7. The van der Waals surface area contributed by atoms with Gasteiger partial charge in [0.2, 0.25) is 10.0 Å². The molecule has 0 aliphatic heterocycles. The first-order valence-corrected chi connectivity index (χ1v) is 11.3. The number of carboxylic acids is 1. The second-order valence-electron chi connectivity index (χ2n) is 7.41. The molecule has 6 heteroatoms. The Kier molecular flexibility index (Phi) is 6.70. The number of nitrogens with one attached hydrogen (secondary N) is 1. The molecule has 1 aromatic rings. The molecule has 0 spiro atoms. The van der Waals surface area contributed by atoms with Crippen LogP contribution in [-0.2, 0) is 21.2 Å². The second-order valence-corrected chi connectivity index (χ2v) is 9.18. The predicted molar refractivity (Wildman–Crippen MR) is 119 cm³/mol. The number of fused-ring (bicyclic) bond motifs is 1. The number of hydrogen-bond donors (Lipinski definition) is 2. The molecule has 0 bridgehead atoms. The van der Waals surface area contributed by atoms with Crippen LogP contribution in [0.15, 0.2) is 71.6 Å². The highest BCUT2D eigenvalue weighted by Crippen LogP contribution is 2.35. The molecule has 2 N–H and O–H groups in total. The first-order valence-electron chi connectivity index (χ1n) is 9.79. The summed E-state index contributed by atoms with van der Waals surface area (Å²) >= 11 is 0. The topological polar surface area (TPSA) is 83.5 Å². The van der Waals surface area contributed by atoms with Crippen LogP contribution in [0.3, 0.4) is 0 Å². The quantitative estimate of drug-likeness (QED) is 0.521. The predicted octanol–water partition coefficient (Wildman–Crippen LogP) is 4.53. The van der Waals surface area contributed by atoms with Gasteiger partial charge in [-0.1, -0.05) is 62.4 Å². The number of sulfonamides is 1. The van der Waals surface area contributed by atoms with E-state index in [0.29, 0.717) is 12.3 Å². The van der Waals surface area contributed by atoms with E-state index in [2.05, 4.69) is 30.7 Å². The van der Waals surface area contributed by atoms with E-state index in [-0.39, 0.29) is 11.4 Å². The molecule has 1 aromatic carbocycles. The number of aliphatic carboxylic acids is 1. The Morgan fingerprint density at radius 2 is 1.77 bits per heavy atom. The lowest BCUT2D eigenvalue weighted by atomic mass is 10.0. The highest BCUT2D eigenvalue weighted by Gasteiger charge is 2.17. The summed E-state index contributed by atoms with van der Waals surface area (Å²) in [5.41, 5.74) is 4.88. The van der Waals surface area contributed by atoms with Gasteiger partial charge in [-0.2, -0.15) is 0 Å². The van der Waals surface area contributed by atoms with Crippen molar-refractivity contribution in [3.05, 3.63) is 83.4 Å². The molecule has 2 aliphatic rings. The van der Waals surface area contributed by atoms with Crippen molar-refractivity contribution in [2.24, 2.45) is 0 Å². The SMILES string of the molecule is CC(C)c1cccc2c(CCNS(=O)(=O)c3ccccc3)cc(C=CC(=O)O)c-2c1. The van der Waals surface area contributed by atoms with Crippen molar-refractivity contribution in [3.8, 4) is 11.1 Å². The Balaban J connectivity index is 1.88. The molecule has 156 valence electrons. The van der Waals surface area contributed by atoms with Gasteiger partial charge in [-0.3, -0.25) is 0 Å². The van der Waals surface area contributed by atoms with E-state index < -0.39 is 16.0 Å². The van der Waals surface area contributed by atoms with Crippen molar-refractivity contribution in [1.29, 1.82) is 0 Å². The zero-order valence-corrected chi connectivity index (χ0v) is 17.8. The van der Waals surface area contributed by atoms with E-state index in [1.807, 2.05) is 18.2 Å². The maximum absolute atomic E-state index is 12.5. The lowest BCUT2D eigenvalue weighted by molar-refractivity contribution is -0.131. The highest BCUT2D eigenvalue weighted by molar-refractivity contribution is 7.89. The number of carbonyl (C=O) groups is 1. The second kappa shape index (κ2) is 9.24. The van der Waals surface area contributed by atoms with Gasteiger partial charge in [-0.15, -0.1) is 0 Å². The van der Waals surface area contributed by atoms with Crippen LogP contribution in [0.4, 0.5) is 0 Å². The molecule has 3 rings (SSSR count). The van der Waals surface area contributed by atoms with Crippen molar-refractivity contribution in [2.75, 3.05) is 6.54 Å². The molecular formula is C24H25NO4S. The van der Waals surface area contributed by atoms with Crippen molar-refractivity contribution < 1.29 is 18.3 Å². The molecule has 0 aromatic heterocycles. The van der Waals surface area contributed by atoms with Crippen LogP contribution in [0, 0.1) is 0 Å². The Bertz CT molecular complexity index is 1140. The minimum absolute atomic E-state index is 0.232. The maximum Gasteiger partial charge on any atom is 0.328 e. The third-order valence-corrected chi connectivity index (χ3v) is 6.43. The summed E-state index contributed by atoms with van der Waals surface area (Å²) in [6.45, 7) is 4.46. The van der Waals surface area contributed by atoms with Crippen LogP contribution in [-0.4, -0.2) is 26.0 Å². The van der Waals surface area contributed by atoms with Crippen molar-refractivity contribution >= 4 is 22.1 Å². The molecule has 0 unspecified atom stereocenters. The minimum atomic E-state index is -3.57. The molecule has 0 radical (unpaired) electrons. The normalized spacial score (nSPS) is 12.1. The van der Waals surface area contributed by atoms with Crippen LogP contribution in [0.25, 0.3) is 17.2 Å². The van der Waals surface area contributed by atoms with Crippen LogP contribution in [0.2, 0.25) is 0 Å². The zero-order chi connectivity index (χ0) is 21.7. The molecular weight excluding hydrogens is 398 g/mol. The number of carboxylic acid groups (broad SMARTS) is 1. The first-order chi connectivity index (χ1) is 14.3. The maximum atomic E-state index is 12.5. The summed E-state index contributed by atoms with van der Waals surface area (Å²) in [6, 6.07) is 18.3. The zero-order valence-electron chi connectivity index (χ0n) is 17.0. The average Bonchev–Trinajstić information content (AvgIpc) is 2.88. The number of benzene rings is 1. The van der Waals surface area contributed by atoms with Crippen LogP contribution < -0.4 is 4.72 Å². The molecule has 30 heavy (non-hydrogen) atoms. The molecule has 0 atom stereocenters. The van der Waals surface area contributed by atoms with Gasteiger partial charge in [0.25, 0.3) is 0 Å². The van der Waals surface area contributed by atoms with Gasteiger partial charge in [-0.05, 0) is 58.4 Å². The van der Waals surface area contributed by atoms with Gasteiger partial charge >= 0.3 is 5.97 Å². The van der Waals surface area contributed by atoms with Crippen LogP contribution >= 0.6 is 0 Å². The molecule has 0 heterocycles. The van der Waals surface area contributed by atoms with Gasteiger partial charge in [0.15, 0.2) is 0 Å². The molecule has 0 saturated heterocycles. The van der Waals surface area contributed by atoms with Crippen LogP contribution in [0.1, 0.15) is 36.5 Å². The Morgan fingerprint density at radius 3 is 2.43 bits per heavy atom. The Labute approximate surface area is 177 Å². The van der Waals surface area contributed by atoms with E-state index >= 15 is 0 Å². The summed E-state index contributed by atoms with van der Waals surface area (Å²) < 4.78 is 27.5. The average molecular weight is 424 g/mol. The summed E-state index contributed by atoms with van der Waals surface area (Å²) in [6.07, 6.45) is 3.20. The summed E-state index contributed by atoms with van der Waals surface area (Å²) in [5.74, 6) is -0.682. The van der Waals surface area contributed by atoms with Gasteiger partial charge in [0, 0.05) is 12.6 Å². The van der Waals surface area contributed by atoms with E-state index in [1.165, 1.54) is 0 Å². The number of rotatable bonds is 8. The summed E-state index contributed by atoms with van der Waals surface area (Å²) in [7, 11) is -3.57. The van der Waals surface area contributed by atoms with Gasteiger partial charge < -0.3 is 5.11 Å². The fourth-order valence-electron chi connectivity index (χ4n) is 3.37. The molecule has 0 amide bonds. The minimum Gasteiger partial charge on any atom is -0.478 e. The third-order valence-electron chi connectivity index (χ3n) is 4.95. The molecule has 0 fully saturated rings. The smallest absolute Gasteiger partial charge is 0.328 e. The van der Waals surface area contributed by atoms with Gasteiger partial charge in [0.05, 0.1) is 4.90 Å². The molecule has 0 saturated carbocycles. The highest BCUT2D eigenvalue weighted by atomic mass is 32.2. The third kappa shape index (κ3) is 5.14. The Morgan fingerprint density at radius 1 is 1.03 bits per heavy atom. The summed E-state index contributed by atoms with van der Waals surface area (Å²) in [5, 5.41) is 9.02. The lowest BCUT2D eigenvalue weighted by Gasteiger charge is -2.07. The molecule has 2 aliphatic carbocycles. The van der Waals surface area contributed by atoms with Crippen LogP contribution in [0.5, 0.6) is 0 Å². The Hall–Kier alpha value is -2.96. The molecule has 5 nitrogen and oxygen atoms in total. The van der Waals surface area contributed by atoms with Crippen molar-refractivity contribution in [1.82, 2.24) is 4.72 Å². The van der Waals surface area contributed by atoms with E-state index in [9.17, 15) is 13.2 Å². The van der Waals surface area contributed by atoms with E-state index in [1.54, 1.807) is 36.4 Å². The fraction of sp³-hybridized carbons (Fsp3) is 0.208. The summed E-state index contributed by atoms with van der Waals surface area (Å²) in [4.78, 5) is 11.2. The monoisotopic (exact) mass is 423 g/mol. The lowest BCUT2D eigenvalue weighted by Crippen LogP contribution is -2.25. The fourth-order valence-corrected chi connectivity index (χ4v) is 4.42. The van der Waals surface area contributed by atoms with E-state index in [4.69, 9.17) is 5.11 Å². The number of hydrogen-bond acceptors (Lipinski definition) is 3. The van der Waals surface area contributed by atoms with E-state index in [0.717, 1.165) is 33.9 Å². The largest absolute Gasteiger partial charge is 0.478 e. The standard InChI is InChI=1S/C24H25NO4S/c1-17(2)18-7-6-10-22-20(15-19(23(22)16-18)11-12-24(26)27)13-14-25-30(28,29)21-8-4-3-5-9-21/h3-12,15-17,25H,13-14H2,1-2H3,(H,26,27). The van der Waals surface area contributed by atoms with Gasteiger partial charge in [-0.25, -0.2) is 17.9 Å².